The van der Waals surface area contributed by atoms with Crippen molar-refractivity contribution >= 4 is 12.3 Å². The zero-order valence-corrected chi connectivity index (χ0v) is 15.0. The Morgan fingerprint density at radius 3 is 2.61 bits per heavy atom. The van der Waals surface area contributed by atoms with Crippen molar-refractivity contribution in [1.29, 1.82) is 0 Å². The second-order valence-electron chi connectivity index (χ2n) is 8.68. The number of carbonyl (C=O) groups excluding carboxylic acids is 2. The molecular formula is C20H30O3. The standard InChI is InChI=1S/C20H30O3/c1-18(13-21)10-5-7-15-14(18)8-9-16-19(15,2)11-6-12-20(16,3)17(22)23-4/h7,13-14,16H,5-6,8-12H2,1-4H3/t14?,16?,18-,19?,20?/m0/s1. The maximum atomic E-state index is 12.5. The molecule has 0 saturated heterocycles. The Morgan fingerprint density at radius 2 is 1.96 bits per heavy atom. The van der Waals surface area contributed by atoms with Gasteiger partial charge in [-0.2, -0.15) is 0 Å². The smallest absolute Gasteiger partial charge is 0.311 e. The highest BCUT2D eigenvalue weighted by atomic mass is 16.5. The topological polar surface area (TPSA) is 43.4 Å². The Hall–Kier alpha value is -1.12. The number of fused-ring (bicyclic) bond motifs is 3. The van der Waals surface area contributed by atoms with Gasteiger partial charge in [-0.15, -0.1) is 0 Å². The van der Waals surface area contributed by atoms with E-state index in [0.717, 1.165) is 44.9 Å². The SMILES string of the molecule is COC(=O)C1(C)CCCC2(C)C3=CCC[C@@](C)(C=O)C3CCC12. The van der Waals surface area contributed by atoms with Crippen molar-refractivity contribution in [3.63, 3.8) is 0 Å². The average Bonchev–Trinajstić information content (AvgIpc) is 2.54. The maximum Gasteiger partial charge on any atom is 0.311 e. The Balaban J connectivity index is 2.03. The van der Waals surface area contributed by atoms with Gasteiger partial charge in [-0.05, 0) is 62.7 Å². The van der Waals surface area contributed by atoms with E-state index in [1.165, 1.54) is 19.0 Å². The quantitative estimate of drug-likeness (QED) is 0.433. The molecule has 0 bridgehead atoms. The van der Waals surface area contributed by atoms with Crippen LogP contribution in [0.15, 0.2) is 11.6 Å². The summed E-state index contributed by atoms with van der Waals surface area (Å²) in [6.45, 7) is 6.57. The zero-order valence-electron chi connectivity index (χ0n) is 15.0. The van der Waals surface area contributed by atoms with Gasteiger partial charge in [-0.1, -0.05) is 31.9 Å². The van der Waals surface area contributed by atoms with E-state index in [9.17, 15) is 9.59 Å². The van der Waals surface area contributed by atoms with Gasteiger partial charge in [0.1, 0.15) is 6.29 Å². The van der Waals surface area contributed by atoms with E-state index in [0.29, 0.717) is 11.8 Å². The molecule has 128 valence electrons. The minimum absolute atomic E-state index is 0.0365. The van der Waals surface area contributed by atoms with Gasteiger partial charge in [0.05, 0.1) is 12.5 Å². The monoisotopic (exact) mass is 318 g/mol. The van der Waals surface area contributed by atoms with E-state index < -0.39 is 0 Å². The fraction of sp³-hybridized carbons (Fsp3) is 0.800. The van der Waals surface area contributed by atoms with Crippen molar-refractivity contribution in [2.24, 2.45) is 28.1 Å². The number of esters is 1. The van der Waals surface area contributed by atoms with Crippen LogP contribution in [-0.2, 0) is 14.3 Å². The minimum Gasteiger partial charge on any atom is -0.469 e. The van der Waals surface area contributed by atoms with Crippen molar-refractivity contribution in [2.45, 2.75) is 65.7 Å². The van der Waals surface area contributed by atoms with Gasteiger partial charge in [-0.25, -0.2) is 0 Å². The molecule has 23 heavy (non-hydrogen) atoms. The van der Waals surface area contributed by atoms with E-state index in [1.54, 1.807) is 0 Å². The molecule has 0 aromatic heterocycles. The van der Waals surface area contributed by atoms with Crippen LogP contribution >= 0.6 is 0 Å². The van der Waals surface area contributed by atoms with Crippen LogP contribution < -0.4 is 0 Å². The lowest BCUT2D eigenvalue weighted by Gasteiger charge is -2.59. The summed E-state index contributed by atoms with van der Waals surface area (Å²) in [6, 6.07) is 0. The molecule has 0 heterocycles. The first-order chi connectivity index (χ1) is 10.8. The summed E-state index contributed by atoms with van der Waals surface area (Å²) in [4.78, 5) is 24.3. The summed E-state index contributed by atoms with van der Waals surface area (Å²) < 4.78 is 5.17. The van der Waals surface area contributed by atoms with E-state index in [2.05, 4.69) is 26.8 Å². The molecule has 3 aliphatic rings. The first-order valence-electron chi connectivity index (χ1n) is 9.07. The fourth-order valence-corrected chi connectivity index (χ4v) is 6.14. The summed E-state index contributed by atoms with van der Waals surface area (Å²) in [5.41, 5.74) is 0.888. The van der Waals surface area contributed by atoms with E-state index in [-0.39, 0.29) is 22.2 Å². The third-order valence-corrected chi connectivity index (χ3v) is 7.47. The molecule has 0 aliphatic heterocycles. The normalized spacial score (nSPS) is 46.2. The molecule has 2 saturated carbocycles. The Bertz CT molecular complexity index is 551. The number of ether oxygens (including phenoxy) is 1. The molecule has 0 radical (unpaired) electrons. The molecule has 3 rings (SSSR count). The van der Waals surface area contributed by atoms with Gasteiger partial charge in [-0.3, -0.25) is 4.79 Å². The molecule has 3 aliphatic carbocycles. The lowest BCUT2D eigenvalue weighted by atomic mass is 9.44. The van der Waals surface area contributed by atoms with Crippen LogP contribution in [0.3, 0.4) is 0 Å². The van der Waals surface area contributed by atoms with Crippen molar-refractivity contribution in [1.82, 2.24) is 0 Å². The summed E-state index contributed by atoms with van der Waals surface area (Å²) in [7, 11) is 1.51. The highest BCUT2D eigenvalue weighted by Gasteiger charge is 2.59. The minimum atomic E-state index is -0.386. The van der Waals surface area contributed by atoms with Crippen molar-refractivity contribution < 1.29 is 14.3 Å². The maximum absolute atomic E-state index is 12.5. The van der Waals surface area contributed by atoms with Crippen LogP contribution in [0.2, 0.25) is 0 Å². The molecule has 5 atom stereocenters. The van der Waals surface area contributed by atoms with Crippen LogP contribution in [0.4, 0.5) is 0 Å². The van der Waals surface area contributed by atoms with E-state index in [4.69, 9.17) is 4.74 Å². The number of rotatable bonds is 2. The van der Waals surface area contributed by atoms with Crippen LogP contribution in [0.5, 0.6) is 0 Å². The summed E-state index contributed by atoms with van der Waals surface area (Å²) in [5.74, 6) is 0.629. The van der Waals surface area contributed by atoms with Crippen molar-refractivity contribution in [3.8, 4) is 0 Å². The lowest BCUT2D eigenvalue weighted by Crippen LogP contribution is -2.54. The molecular weight excluding hydrogens is 288 g/mol. The molecule has 3 heteroatoms. The Kier molecular flexibility index (Phi) is 3.97. The third-order valence-electron chi connectivity index (χ3n) is 7.47. The van der Waals surface area contributed by atoms with Gasteiger partial charge in [0.2, 0.25) is 0 Å². The van der Waals surface area contributed by atoms with Crippen LogP contribution in [0, 0.1) is 28.1 Å². The Labute approximate surface area is 139 Å². The molecule has 0 aromatic carbocycles. The van der Waals surface area contributed by atoms with Gasteiger partial charge in [0.15, 0.2) is 0 Å². The fourth-order valence-electron chi connectivity index (χ4n) is 6.14. The van der Waals surface area contributed by atoms with Crippen molar-refractivity contribution in [3.05, 3.63) is 11.6 Å². The number of aldehydes is 1. The second-order valence-corrected chi connectivity index (χ2v) is 8.68. The van der Waals surface area contributed by atoms with Crippen LogP contribution in [0.25, 0.3) is 0 Å². The number of carbonyl (C=O) groups is 2. The highest BCUT2D eigenvalue weighted by Crippen LogP contribution is 2.64. The van der Waals surface area contributed by atoms with Gasteiger partial charge >= 0.3 is 5.97 Å². The molecule has 0 spiro atoms. The molecule has 2 fully saturated rings. The van der Waals surface area contributed by atoms with Gasteiger partial charge in [0.25, 0.3) is 0 Å². The zero-order chi connectivity index (χ0) is 16.9. The predicted octanol–water partition coefficient (Wildman–Crippen LogP) is 4.31. The van der Waals surface area contributed by atoms with Gasteiger partial charge in [0, 0.05) is 5.41 Å². The molecule has 4 unspecified atom stereocenters. The molecule has 0 amide bonds. The number of methoxy groups -OCH3 is 1. The number of hydrogen-bond donors (Lipinski definition) is 0. The largest absolute Gasteiger partial charge is 0.469 e. The molecule has 0 aromatic rings. The second kappa shape index (κ2) is 5.46. The molecule has 3 nitrogen and oxygen atoms in total. The average molecular weight is 318 g/mol. The van der Waals surface area contributed by atoms with Crippen molar-refractivity contribution in [2.75, 3.05) is 7.11 Å². The van der Waals surface area contributed by atoms with E-state index >= 15 is 0 Å². The van der Waals surface area contributed by atoms with Crippen LogP contribution in [0.1, 0.15) is 65.7 Å². The highest BCUT2D eigenvalue weighted by molar-refractivity contribution is 5.77. The van der Waals surface area contributed by atoms with Gasteiger partial charge < -0.3 is 9.53 Å². The predicted molar refractivity (Wildman–Crippen MR) is 89.8 cm³/mol. The summed E-state index contributed by atoms with van der Waals surface area (Å²) in [6.07, 6.45) is 10.7. The lowest BCUT2D eigenvalue weighted by molar-refractivity contribution is -0.165. The van der Waals surface area contributed by atoms with Crippen LogP contribution in [-0.4, -0.2) is 19.4 Å². The van der Waals surface area contributed by atoms with E-state index in [1.807, 2.05) is 0 Å². The molecule has 0 N–H and O–H groups in total. The summed E-state index contributed by atoms with van der Waals surface area (Å²) >= 11 is 0. The number of hydrogen-bond acceptors (Lipinski definition) is 3. The first kappa shape index (κ1) is 16.7. The Morgan fingerprint density at radius 1 is 1.22 bits per heavy atom. The third kappa shape index (κ3) is 2.22. The summed E-state index contributed by atoms with van der Waals surface area (Å²) in [5, 5.41) is 0. The first-order valence-corrected chi connectivity index (χ1v) is 9.07. The number of allylic oxidation sites excluding steroid dienone is 2.